The summed E-state index contributed by atoms with van der Waals surface area (Å²) in [5, 5.41) is 3.95. The Morgan fingerprint density at radius 1 is 1.32 bits per heavy atom. The summed E-state index contributed by atoms with van der Waals surface area (Å²) in [7, 11) is 1.29. The Hall–Kier alpha value is -1.30. The summed E-state index contributed by atoms with van der Waals surface area (Å²) in [6.45, 7) is 1.77. The molecule has 0 saturated heterocycles. The molecule has 0 fully saturated rings. The number of esters is 1. The molecular weight excluding hydrogens is 327 g/mol. The monoisotopic (exact) mass is 346 g/mol. The summed E-state index contributed by atoms with van der Waals surface area (Å²) in [6.07, 6.45) is 1.28. The van der Waals surface area contributed by atoms with E-state index in [-0.39, 0.29) is 11.8 Å². The molecule has 0 bridgehead atoms. The van der Waals surface area contributed by atoms with Crippen LogP contribution in [-0.4, -0.2) is 30.9 Å². The maximum absolute atomic E-state index is 12.0. The van der Waals surface area contributed by atoms with Crippen LogP contribution < -0.4 is 11.1 Å². The predicted molar refractivity (Wildman–Crippen MR) is 88.4 cm³/mol. The van der Waals surface area contributed by atoms with Crippen molar-refractivity contribution in [2.24, 2.45) is 5.73 Å². The molecular formula is C15H20Cl2N2O3. The summed E-state index contributed by atoms with van der Waals surface area (Å²) in [6, 6.07) is 4.04. The molecule has 0 amide bonds. The number of benzene rings is 1. The number of carbonyl (C=O) groups excluding carboxylic acids is 2. The van der Waals surface area contributed by atoms with Crippen molar-refractivity contribution in [2.75, 3.05) is 12.4 Å². The van der Waals surface area contributed by atoms with E-state index in [1.807, 2.05) is 0 Å². The van der Waals surface area contributed by atoms with Gasteiger partial charge in [-0.15, -0.1) is 0 Å². The number of hydrogen-bond acceptors (Lipinski definition) is 5. The molecule has 1 rings (SSSR count). The van der Waals surface area contributed by atoms with Crippen LogP contribution >= 0.6 is 23.2 Å². The zero-order chi connectivity index (χ0) is 16.7. The van der Waals surface area contributed by atoms with Crippen LogP contribution in [0.5, 0.6) is 0 Å². The number of rotatable bonds is 8. The Kier molecular flexibility index (Phi) is 7.65. The average molecular weight is 347 g/mol. The van der Waals surface area contributed by atoms with Crippen LogP contribution in [0.1, 0.15) is 26.2 Å². The minimum Gasteiger partial charge on any atom is -0.468 e. The number of nitrogens with two attached hydrogens (primary N) is 1. The predicted octanol–water partition coefficient (Wildman–Crippen LogP) is 3.03. The molecule has 0 radical (unpaired) electrons. The Labute approximate surface area is 140 Å². The summed E-state index contributed by atoms with van der Waals surface area (Å²) in [5.41, 5.74) is 6.34. The van der Waals surface area contributed by atoms with Gasteiger partial charge in [-0.2, -0.15) is 0 Å². The number of anilines is 1. The normalized spacial score (nSPS) is 13.3. The number of hydrogen-bond donors (Lipinski definition) is 2. The number of Topliss-reactive ketones (excluding diaryl/α,β-unsaturated/α-hetero) is 1. The lowest BCUT2D eigenvalue weighted by atomic mass is 10.0. The third-order valence-electron chi connectivity index (χ3n) is 3.23. The molecule has 0 heterocycles. The number of methoxy groups -OCH3 is 1. The van der Waals surface area contributed by atoms with E-state index in [1.165, 1.54) is 7.11 Å². The molecule has 5 nitrogen and oxygen atoms in total. The summed E-state index contributed by atoms with van der Waals surface area (Å²) in [4.78, 5) is 23.2. The van der Waals surface area contributed by atoms with Gasteiger partial charge in [0.1, 0.15) is 6.04 Å². The lowest BCUT2D eigenvalue weighted by Crippen LogP contribution is -2.32. The van der Waals surface area contributed by atoms with Gasteiger partial charge in [-0.1, -0.05) is 23.2 Å². The fraction of sp³-hybridized carbons (Fsp3) is 0.467. The van der Waals surface area contributed by atoms with Gasteiger partial charge in [-0.3, -0.25) is 9.59 Å². The second-order valence-corrected chi connectivity index (χ2v) is 5.80. The smallest absolute Gasteiger partial charge is 0.322 e. The highest BCUT2D eigenvalue weighted by Crippen LogP contribution is 2.25. The Balaban J connectivity index is 2.42. The minimum absolute atomic E-state index is 0.0307. The van der Waals surface area contributed by atoms with Gasteiger partial charge in [0.15, 0.2) is 5.78 Å². The first kappa shape index (κ1) is 18.7. The molecule has 7 heteroatoms. The van der Waals surface area contributed by atoms with Gasteiger partial charge in [0.05, 0.1) is 23.2 Å². The largest absolute Gasteiger partial charge is 0.468 e. The number of ether oxygens (including phenoxy) is 1. The van der Waals surface area contributed by atoms with Crippen molar-refractivity contribution in [1.82, 2.24) is 0 Å². The molecule has 0 spiro atoms. The van der Waals surface area contributed by atoms with Crippen LogP contribution in [0.4, 0.5) is 5.69 Å². The highest BCUT2D eigenvalue weighted by molar-refractivity contribution is 6.42. The van der Waals surface area contributed by atoms with E-state index in [0.29, 0.717) is 29.3 Å². The highest BCUT2D eigenvalue weighted by Gasteiger charge is 2.16. The second kappa shape index (κ2) is 8.98. The van der Waals surface area contributed by atoms with Crippen LogP contribution in [0.2, 0.25) is 10.0 Å². The summed E-state index contributed by atoms with van der Waals surface area (Å²) >= 11 is 11.8. The van der Waals surface area contributed by atoms with Gasteiger partial charge >= 0.3 is 5.97 Å². The third kappa shape index (κ3) is 5.83. The molecule has 0 aliphatic rings. The molecule has 0 aliphatic carbocycles. The fourth-order valence-corrected chi connectivity index (χ4v) is 2.20. The van der Waals surface area contributed by atoms with Gasteiger partial charge in [0, 0.05) is 12.1 Å². The Morgan fingerprint density at radius 3 is 2.59 bits per heavy atom. The molecule has 122 valence electrons. The van der Waals surface area contributed by atoms with Crippen LogP contribution in [-0.2, 0) is 14.3 Å². The average Bonchev–Trinajstić information content (AvgIpc) is 2.49. The van der Waals surface area contributed by atoms with E-state index in [1.54, 1.807) is 25.1 Å². The number of carbonyl (C=O) groups is 2. The molecule has 1 unspecified atom stereocenters. The van der Waals surface area contributed by atoms with E-state index in [0.717, 1.165) is 5.69 Å². The van der Waals surface area contributed by atoms with Crippen molar-refractivity contribution in [1.29, 1.82) is 0 Å². The maximum atomic E-state index is 12.0. The van der Waals surface area contributed by atoms with Crippen molar-refractivity contribution in [3.63, 3.8) is 0 Å². The van der Waals surface area contributed by atoms with Crippen molar-refractivity contribution in [3.8, 4) is 0 Å². The Bertz CT molecular complexity index is 538. The summed E-state index contributed by atoms with van der Waals surface area (Å²) < 4.78 is 4.53. The van der Waals surface area contributed by atoms with Crippen LogP contribution in [0, 0.1) is 0 Å². The van der Waals surface area contributed by atoms with E-state index in [9.17, 15) is 9.59 Å². The first-order valence-electron chi connectivity index (χ1n) is 6.93. The van der Waals surface area contributed by atoms with E-state index < -0.39 is 12.0 Å². The van der Waals surface area contributed by atoms with Gasteiger partial charge in [0.25, 0.3) is 0 Å². The first-order valence-corrected chi connectivity index (χ1v) is 7.68. The number of halogens is 2. The zero-order valence-corrected chi connectivity index (χ0v) is 14.1. The van der Waals surface area contributed by atoms with Gasteiger partial charge in [0.2, 0.25) is 0 Å². The van der Waals surface area contributed by atoms with Gasteiger partial charge in [-0.05, 0) is 38.0 Å². The lowest BCUT2D eigenvalue weighted by molar-refractivity contribution is -0.142. The van der Waals surface area contributed by atoms with E-state index >= 15 is 0 Å². The molecule has 0 aliphatic heterocycles. The molecule has 1 aromatic carbocycles. The van der Waals surface area contributed by atoms with Crippen LogP contribution in [0.15, 0.2) is 18.2 Å². The third-order valence-corrected chi connectivity index (χ3v) is 3.97. The topological polar surface area (TPSA) is 81.4 Å². The van der Waals surface area contributed by atoms with Crippen LogP contribution in [0.25, 0.3) is 0 Å². The lowest BCUT2D eigenvalue weighted by Gasteiger charge is -2.15. The second-order valence-electron chi connectivity index (χ2n) is 4.98. The van der Waals surface area contributed by atoms with Crippen molar-refractivity contribution >= 4 is 40.6 Å². The quantitative estimate of drug-likeness (QED) is 0.707. The fourth-order valence-electron chi connectivity index (χ4n) is 1.90. The van der Waals surface area contributed by atoms with Crippen molar-refractivity contribution in [3.05, 3.63) is 28.2 Å². The molecule has 3 N–H and O–H groups in total. The number of ketones is 1. The zero-order valence-electron chi connectivity index (χ0n) is 12.6. The molecule has 2 atom stereocenters. The molecule has 0 aromatic heterocycles. The number of nitrogens with one attached hydrogen (secondary N) is 1. The van der Waals surface area contributed by atoms with Crippen molar-refractivity contribution < 1.29 is 14.3 Å². The first-order chi connectivity index (χ1) is 10.3. The molecule has 0 saturated carbocycles. The molecule has 22 heavy (non-hydrogen) atoms. The SMILES string of the molecule is COC(=O)C(N)CCCC(=O)[C@H](C)Nc1ccc(Cl)c(Cl)c1. The highest BCUT2D eigenvalue weighted by atomic mass is 35.5. The maximum Gasteiger partial charge on any atom is 0.322 e. The van der Waals surface area contributed by atoms with Crippen molar-refractivity contribution in [2.45, 2.75) is 38.3 Å². The Morgan fingerprint density at radius 2 is 2.00 bits per heavy atom. The van der Waals surface area contributed by atoms with Gasteiger partial charge in [-0.25, -0.2) is 0 Å². The van der Waals surface area contributed by atoms with Gasteiger partial charge < -0.3 is 15.8 Å². The van der Waals surface area contributed by atoms with E-state index in [4.69, 9.17) is 28.9 Å². The summed E-state index contributed by atoms with van der Waals surface area (Å²) in [5.74, 6) is -0.433. The molecule has 1 aromatic rings. The minimum atomic E-state index is -0.684. The standard InChI is InChI=1S/C15H20Cl2N2O3/c1-9(19-10-6-7-11(16)12(17)8-10)14(20)5-3-4-13(18)15(21)22-2/h6-9,13,19H,3-5,18H2,1-2H3/t9-,13?/m0/s1. The van der Waals surface area contributed by atoms with E-state index in [2.05, 4.69) is 10.1 Å². The van der Waals surface area contributed by atoms with Crippen LogP contribution in [0.3, 0.4) is 0 Å².